The first-order valence-corrected chi connectivity index (χ1v) is 8.77. The van der Waals surface area contributed by atoms with Gasteiger partial charge in [-0.15, -0.1) is 16.4 Å². The summed E-state index contributed by atoms with van der Waals surface area (Å²) in [7, 11) is 0. The minimum atomic E-state index is 0.00709. The van der Waals surface area contributed by atoms with E-state index in [-0.39, 0.29) is 18.6 Å². The number of amides is 1. The summed E-state index contributed by atoms with van der Waals surface area (Å²) in [5, 5.41) is 10.1. The zero-order chi connectivity index (χ0) is 16.4. The summed E-state index contributed by atoms with van der Waals surface area (Å²) in [5.41, 5.74) is 3.17. The molecule has 1 aliphatic rings. The summed E-state index contributed by atoms with van der Waals surface area (Å²) in [6.07, 6.45) is 1.84. The maximum absolute atomic E-state index is 12.6. The first-order chi connectivity index (χ1) is 11.1. The van der Waals surface area contributed by atoms with Crippen LogP contribution >= 0.6 is 11.3 Å². The Hall–Kier alpha value is -1.95. The summed E-state index contributed by atoms with van der Waals surface area (Å²) in [6.45, 7) is 6.73. The van der Waals surface area contributed by atoms with Gasteiger partial charge in [-0.25, -0.2) is 0 Å². The van der Waals surface area contributed by atoms with E-state index >= 15 is 0 Å². The van der Waals surface area contributed by atoms with Crippen LogP contribution in [0.1, 0.15) is 41.1 Å². The van der Waals surface area contributed by atoms with E-state index < -0.39 is 0 Å². The molecule has 0 saturated carbocycles. The van der Waals surface area contributed by atoms with E-state index in [1.54, 1.807) is 11.3 Å². The van der Waals surface area contributed by atoms with Crippen LogP contribution in [0.3, 0.4) is 0 Å². The van der Waals surface area contributed by atoms with Crippen LogP contribution in [0.25, 0.3) is 0 Å². The predicted octanol–water partition coefficient (Wildman–Crippen LogP) is 3.07. The van der Waals surface area contributed by atoms with Gasteiger partial charge in [0, 0.05) is 17.5 Å². The highest BCUT2D eigenvalue weighted by molar-refractivity contribution is 7.10. The van der Waals surface area contributed by atoms with Crippen molar-refractivity contribution in [3.63, 3.8) is 0 Å². The maximum Gasteiger partial charge on any atom is 0.261 e. The van der Waals surface area contributed by atoms with Crippen LogP contribution in [-0.2, 0) is 11.2 Å². The summed E-state index contributed by atoms with van der Waals surface area (Å²) >= 11 is 1.78. The molecule has 0 fully saturated rings. The molecule has 3 rings (SSSR count). The molecule has 6 heteroatoms. The topological polar surface area (TPSA) is 55.3 Å². The number of rotatable bonds is 4. The highest BCUT2D eigenvalue weighted by Gasteiger charge is 2.30. The van der Waals surface area contributed by atoms with Gasteiger partial charge in [-0.1, -0.05) is 6.92 Å². The molecule has 0 unspecified atom stereocenters. The molecule has 0 N–H and O–H groups in total. The number of ether oxygens (including phenoxy) is 1. The van der Waals surface area contributed by atoms with Crippen LogP contribution in [0.15, 0.2) is 17.5 Å². The second-order valence-electron chi connectivity index (χ2n) is 5.80. The lowest BCUT2D eigenvalue weighted by atomic mass is 9.98. The minimum absolute atomic E-state index is 0.00709. The number of aromatic nitrogens is 2. The Bertz CT molecular complexity index is 714. The molecule has 0 bridgehead atoms. The van der Waals surface area contributed by atoms with Gasteiger partial charge in [-0.05, 0) is 49.3 Å². The smallest absolute Gasteiger partial charge is 0.261 e. The summed E-state index contributed by atoms with van der Waals surface area (Å²) < 4.78 is 5.56. The van der Waals surface area contributed by atoms with Gasteiger partial charge in [0.1, 0.15) is 0 Å². The molecule has 0 saturated heterocycles. The molecule has 0 aromatic carbocycles. The van der Waals surface area contributed by atoms with Gasteiger partial charge in [-0.2, -0.15) is 5.10 Å². The van der Waals surface area contributed by atoms with Gasteiger partial charge >= 0.3 is 0 Å². The van der Waals surface area contributed by atoms with Crippen molar-refractivity contribution in [2.75, 3.05) is 13.2 Å². The minimum Gasteiger partial charge on any atom is -0.466 e. The number of hydrogen-bond acceptors (Lipinski definition) is 5. The second kappa shape index (κ2) is 6.66. The van der Waals surface area contributed by atoms with Crippen molar-refractivity contribution in [2.45, 2.75) is 39.7 Å². The van der Waals surface area contributed by atoms with Gasteiger partial charge in [0.15, 0.2) is 6.61 Å². The third kappa shape index (κ3) is 3.22. The SMILES string of the molecule is CC[C@H]1c2ccsc2CCN1C(=O)COc1cc(C)c(C)nn1. The molecule has 1 amide bonds. The lowest BCUT2D eigenvalue weighted by Crippen LogP contribution is -2.41. The molecule has 23 heavy (non-hydrogen) atoms. The zero-order valence-electron chi connectivity index (χ0n) is 13.7. The molecule has 2 aromatic heterocycles. The van der Waals surface area contributed by atoms with E-state index in [1.165, 1.54) is 10.4 Å². The van der Waals surface area contributed by atoms with Crippen LogP contribution in [0.5, 0.6) is 5.88 Å². The molecule has 2 aromatic rings. The average Bonchev–Trinajstić information content (AvgIpc) is 3.03. The summed E-state index contributed by atoms with van der Waals surface area (Å²) in [4.78, 5) is 15.9. The molecule has 0 aliphatic carbocycles. The molecule has 1 aliphatic heterocycles. The Morgan fingerprint density at radius 1 is 1.43 bits per heavy atom. The third-order valence-electron chi connectivity index (χ3n) is 4.35. The molecule has 0 radical (unpaired) electrons. The Morgan fingerprint density at radius 2 is 2.26 bits per heavy atom. The third-order valence-corrected chi connectivity index (χ3v) is 5.35. The van der Waals surface area contributed by atoms with Crippen molar-refractivity contribution in [2.24, 2.45) is 0 Å². The first-order valence-electron chi connectivity index (χ1n) is 7.89. The number of nitrogens with zero attached hydrogens (tertiary/aromatic N) is 3. The van der Waals surface area contributed by atoms with Crippen molar-refractivity contribution < 1.29 is 9.53 Å². The number of carbonyl (C=O) groups excluding carboxylic acids is 1. The Morgan fingerprint density at radius 3 is 3.00 bits per heavy atom. The van der Waals surface area contributed by atoms with Crippen molar-refractivity contribution in [3.8, 4) is 5.88 Å². The summed E-state index contributed by atoms with van der Waals surface area (Å²) in [6, 6.07) is 4.12. The van der Waals surface area contributed by atoms with Crippen molar-refractivity contribution in [1.29, 1.82) is 0 Å². The number of hydrogen-bond donors (Lipinski definition) is 0. The Labute approximate surface area is 140 Å². The second-order valence-corrected chi connectivity index (χ2v) is 6.80. The van der Waals surface area contributed by atoms with E-state index in [1.807, 2.05) is 24.8 Å². The first kappa shape index (κ1) is 15.9. The van der Waals surface area contributed by atoms with Crippen molar-refractivity contribution in [3.05, 3.63) is 39.2 Å². The molecule has 1 atom stereocenters. The normalized spacial score (nSPS) is 17.0. The molecular formula is C17H21N3O2S. The van der Waals surface area contributed by atoms with E-state index in [2.05, 4.69) is 28.6 Å². The molecule has 5 nitrogen and oxygen atoms in total. The van der Waals surface area contributed by atoms with Gasteiger partial charge in [0.2, 0.25) is 5.88 Å². The van der Waals surface area contributed by atoms with E-state index in [0.29, 0.717) is 5.88 Å². The molecular weight excluding hydrogens is 310 g/mol. The number of thiophene rings is 1. The van der Waals surface area contributed by atoms with E-state index in [4.69, 9.17) is 4.74 Å². The van der Waals surface area contributed by atoms with Crippen molar-refractivity contribution >= 4 is 17.2 Å². The lowest BCUT2D eigenvalue weighted by Gasteiger charge is -2.35. The fourth-order valence-electron chi connectivity index (χ4n) is 2.95. The maximum atomic E-state index is 12.6. The van der Waals surface area contributed by atoms with Crippen LogP contribution in [0.4, 0.5) is 0 Å². The fraction of sp³-hybridized carbons (Fsp3) is 0.471. The highest BCUT2D eigenvalue weighted by Crippen LogP contribution is 2.35. The van der Waals surface area contributed by atoms with Crippen LogP contribution in [-0.4, -0.2) is 34.2 Å². The number of fused-ring (bicyclic) bond motifs is 1. The monoisotopic (exact) mass is 331 g/mol. The van der Waals surface area contributed by atoms with E-state index in [9.17, 15) is 4.79 Å². The van der Waals surface area contributed by atoms with Crippen LogP contribution in [0, 0.1) is 13.8 Å². The largest absolute Gasteiger partial charge is 0.466 e. The molecule has 0 spiro atoms. The quantitative estimate of drug-likeness (QED) is 0.864. The number of carbonyl (C=O) groups is 1. The van der Waals surface area contributed by atoms with Crippen LogP contribution < -0.4 is 4.74 Å². The fourth-order valence-corrected chi connectivity index (χ4v) is 3.87. The van der Waals surface area contributed by atoms with Gasteiger partial charge in [0.25, 0.3) is 5.91 Å². The highest BCUT2D eigenvalue weighted by atomic mass is 32.1. The van der Waals surface area contributed by atoms with Gasteiger partial charge in [-0.3, -0.25) is 4.79 Å². The molecule has 3 heterocycles. The van der Waals surface area contributed by atoms with Gasteiger partial charge < -0.3 is 9.64 Å². The summed E-state index contributed by atoms with van der Waals surface area (Å²) in [5.74, 6) is 0.413. The number of aryl methyl sites for hydroxylation is 2. The Kier molecular flexibility index (Phi) is 4.61. The van der Waals surface area contributed by atoms with E-state index in [0.717, 1.165) is 30.6 Å². The standard InChI is InChI=1S/C17H21N3O2S/c1-4-14-13-6-8-23-15(13)5-7-20(14)17(21)10-22-16-9-11(2)12(3)18-19-16/h6,8-9,14H,4-5,7,10H2,1-3H3/t14-/m0/s1. The van der Waals surface area contributed by atoms with Gasteiger partial charge in [0.05, 0.1) is 11.7 Å². The van der Waals surface area contributed by atoms with Crippen molar-refractivity contribution in [1.82, 2.24) is 15.1 Å². The van der Waals surface area contributed by atoms with Crippen LogP contribution in [0.2, 0.25) is 0 Å². The average molecular weight is 331 g/mol. The zero-order valence-corrected chi connectivity index (χ0v) is 14.5. The Balaban J connectivity index is 1.67. The lowest BCUT2D eigenvalue weighted by molar-refractivity contribution is -0.136. The predicted molar refractivity (Wildman–Crippen MR) is 89.8 cm³/mol. The molecule has 122 valence electrons.